The third kappa shape index (κ3) is 1.67. The molecule has 0 spiro atoms. The van der Waals surface area contributed by atoms with E-state index in [-0.39, 0.29) is 5.54 Å². The van der Waals surface area contributed by atoms with E-state index in [4.69, 9.17) is 4.98 Å². The third-order valence-corrected chi connectivity index (χ3v) is 4.12. The fourth-order valence-corrected chi connectivity index (χ4v) is 2.73. The molecule has 0 radical (unpaired) electrons. The number of aromatic nitrogens is 2. The summed E-state index contributed by atoms with van der Waals surface area (Å²) in [5, 5.41) is 3.39. The second-order valence-corrected chi connectivity index (χ2v) is 5.02. The largest absolute Gasteiger partial charge is 0.326 e. The second kappa shape index (κ2) is 4.21. The predicted octanol–water partition coefficient (Wildman–Crippen LogP) is 2.37. The highest BCUT2D eigenvalue weighted by atomic mass is 15.2. The number of nitrogens with zero attached hydrogens (tertiary/aromatic N) is 2. The van der Waals surface area contributed by atoms with E-state index in [9.17, 15) is 0 Å². The Morgan fingerprint density at radius 3 is 2.69 bits per heavy atom. The molecular weight excluding hydrogens is 198 g/mol. The SMILES string of the molecule is CCC(C)(CC)n1c(C)nc2c1CCNC2. The van der Waals surface area contributed by atoms with Gasteiger partial charge >= 0.3 is 0 Å². The minimum atomic E-state index is 0.238. The number of imidazole rings is 1. The Hall–Kier alpha value is -0.830. The molecule has 0 fully saturated rings. The van der Waals surface area contributed by atoms with Crippen LogP contribution in [0.1, 0.15) is 50.8 Å². The molecule has 1 aliphatic rings. The topological polar surface area (TPSA) is 29.9 Å². The molecule has 90 valence electrons. The molecule has 0 aliphatic carbocycles. The van der Waals surface area contributed by atoms with Gasteiger partial charge in [0.1, 0.15) is 5.82 Å². The number of rotatable bonds is 3. The van der Waals surface area contributed by atoms with E-state index < -0.39 is 0 Å². The van der Waals surface area contributed by atoms with E-state index in [0.717, 1.165) is 19.5 Å². The molecule has 2 rings (SSSR count). The van der Waals surface area contributed by atoms with E-state index in [1.807, 2.05) is 0 Å². The van der Waals surface area contributed by atoms with Crippen LogP contribution in [-0.2, 0) is 18.5 Å². The average Bonchev–Trinajstić information content (AvgIpc) is 2.64. The lowest BCUT2D eigenvalue weighted by molar-refractivity contribution is 0.278. The van der Waals surface area contributed by atoms with Crippen molar-refractivity contribution in [3.05, 3.63) is 17.2 Å². The summed E-state index contributed by atoms with van der Waals surface area (Å²) >= 11 is 0. The molecule has 0 unspecified atom stereocenters. The van der Waals surface area contributed by atoms with Gasteiger partial charge in [-0.2, -0.15) is 0 Å². The lowest BCUT2D eigenvalue weighted by Gasteiger charge is -2.33. The first-order chi connectivity index (χ1) is 7.62. The monoisotopic (exact) mass is 221 g/mol. The quantitative estimate of drug-likeness (QED) is 0.849. The van der Waals surface area contributed by atoms with Gasteiger partial charge in [-0.05, 0) is 26.7 Å². The van der Waals surface area contributed by atoms with E-state index in [0.29, 0.717) is 0 Å². The number of hydrogen-bond acceptors (Lipinski definition) is 2. The Morgan fingerprint density at radius 1 is 1.38 bits per heavy atom. The first-order valence-corrected chi connectivity index (χ1v) is 6.40. The van der Waals surface area contributed by atoms with Crippen molar-refractivity contribution in [2.75, 3.05) is 6.54 Å². The molecule has 2 heterocycles. The zero-order chi connectivity index (χ0) is 11.8. The zero-order valence-corrected chi connectivity index (χ0v) is 10.9. The van der Waals surface area contributed by atoms with Crippen LogP contribution in [-0.4, -0.2) is 16.1 Å². The highest BCUT2D eigenvalue weighted by Gasteiger charge is 2.29. The molecule has 3 nitrogen and oxygen atoms in total. The summed E-state index contributed by atoms with van der Waals surface area (Å²) in [5.41, 5.74) is 2.96. The average molecular weight is 221 g/mol. The molecular formula is C13H23N3. The maximum Gasteiger partial charge on any atom is 0.106 e. The van der Waals surface area contributed by atoms with E-state index >= 15 is 0 Å². The van der Waals surface area contributed by atoms with Crippen LogP contribution in [0.2, 0.25) is 0 Å². The highest BCUT2D eigenvalue weighted by molar-refractivity contribution is 5.22. The number of hydrogen-bond donors (Lipinski definition) is 1. The zero-order valence-electron chi connectivity index (χ0n) is 10.9. The standard InChI is InChI=1S/C13H23N3/c1-5-13(4,6-2)16-10(3)15-11-9-14-8-7-12(11)16/h14H,5-9H2,1-4H3. The number of nitrogens with one attached hydrogen (secondary N) is 1. The first kappa shape index (κ1) is 11.6. The molecule has 0 amide bonds. The van der Waals surface area contributed by atoms with Crippen molar-refractivity contribution in [1.29, 1.82) is 0 Å². The summed E-state index contributed by atoms with van der Waals surface area (Å²) in [7, 11) is 0. The molecule has 0 saturated carbocycles. The van der Waals surface area contributed by atoms with E-state index in [1.54, 1.807) is 0 Å². The minimum Gasteiger partial charge on any atom is -0.326 e. The van der Waals surface area contributed by atoms with Crippen LogP contribution in [0.15, 0.2) is 0 Å². The van der Waals surface area contributed by atoms with Crippen LogP contribution in [0.25, 0.3) is 0 Å². The van der Waals surface area contributed by atoms with Crippen molar-refractivity contribution in [2.45, 2.75) is 59.0 Å². The molecule has 1 aromatic heterocycles. The Balaban J connectivity index is 2.51. The van der Waals surface area contributed by atoms with Crippen molar-refractivity contribution in [3.63, 3.8) is 0 Å². The molecule has 1 aliphatic heterocycles. The molecule has 1 N–H and O–H groups in total. The summed E-state index contributed by atoms with van der Waals surface area (Å²) in [5.74, 6) is 1.18. The van der Waals surface area contributed by atoms with Gasteiger partial charge in [-0.3, -0.25) is 0 Å². The van der Waals surface area contributed by atoms with Crippen LogP contribution < -0.4 is 5.32 Å². The molecule has 1 aromatic rings. The van der Waals surface area contributed by atoms with Crippen LogP contribution in [0.4, 0.5) is 0 Å². The Kier molecular flexibility index (Phi) is 3.06. The summed E-state index contributed by atoms with van der Waals surface area (Å²) in [6.45, 7) is 11.1. The van der Waals surface area contributed by atoms with Gasteiger partial charge in [0.05, 0.1) is 5.69 Å². The van der Waals surface area contributed by atoms with Gasteiger partial charge in [0.15, 0.2) is 0 Å². The fourth-order valence-electron chi connectivity index (χ4n) is 2.73. The van der Waals surface area contributed by atoms with E-state index in [2.05, 4.69) is 37.6 Å². The Bertz CT molecular complexity index is 375. The van der Waals surface area contributed by atoms with Crippen LogP contribution >= 0.6 is 0 Å². The second-order valence-electron chi connectivity index (χ2n) is 5.02. The van der Waals surface area contributed by atoms with Gasteiger partial charge < -0.3 is 9.88 Å². The normalized spacial score (nSPS) is 16.2. The van der Waals surface area contributed by atoms with Crippen molar-refractivity contribution in [1.82, 2.24) is 14.9 Å². The molecule has 0 bridgehead atoms. The van der Waals surface area contributed by atoms with Crippen molar-refractivity contribution in [2.24, 2.45) is 0 Å². The summed E-state index contributed by atoms with van der Waals surface area (Å²) in [6.07, 6.45) is 3.45. The van der Waals surface area contributed by atoms with Gasteiger partial charge in [0, 0.05) is 30.7 Å². The maximum absolute atomic E-state index is 4.71. The van der Waals surface area contributed by atoms with E-state index in [1.165, 1.54) is 30.1 Å². The smallest absolute Gasteiger partial charge is 0.106 e. The number of aryl methyl sites for hydroxylation is 1. The van der Waals surface area contributed by atoms with Gasteiger partial charge in [0.25, 0.3) is 0 Å². The van der Waals surface area contributed by atoms with Crippen molar-refractivity contribution in [3.8, 4) is 0 Å². The Morgan fingerprint density at radius 2 is 2.06 bits per heavy atom. The van der Waals surface area contributed by atoms with Crippen LogP contribution in [0.3, 0.4) is 0 Å². The van der Waals surface area contributed by atoms with Crippen molar-refractivity contribution >= 4 is 0 Å². The highest BCUT2D eigenvalue weighted by Crippen LogP contribution is 2.30. The number of fused-ring (bicyclic) bond motifs is 1. The predicted molar refractivity (Wildman–Crippen MR) is 66.6 cm³/mol. The molecule has 16 heavy (non-hydrogen) atoms. The minimum absolute atomic E-state index is 0.238. The van der Waals surface area contributed by atoms with Crippen molar-refractivity contribution < 1.29 is 0 Å². The Labute approximate surface area is 98.3 Å². The summed E-state index contributed by atoms with van der Waals surface area (Å²) < 4.78 is 2.49. The van der Waals surface area contributed by atoms with Gasteiger partial charge in [0.2, 0.25) is 0 Å². The molecule has 3 heteroatoms. The maximum atomic E-state index is 4.71. The summed E-state index contributed by atoms with van der Waals surface area (Å²) in [6, 6.07) is 0. The van der Waals surface area contributed by atoms with Gasteiger partial charge in [-0.25, -0.2) is 4.98 Å². The van der Waals surface area contributed by atoms with Crippen LogP contribution in [0, 0.1) is 6.92 Å². The van der Waals surface area contributed by atoms with Gasteiger partial charge in [-0.1, -0.05) is 13.8 Å². The molecule has 0 atom stereocenters. The fraction of sp³-hybridized carbons (Fsp3) is 0.769. The lowest BCUT2D eigenvalue weighted by Crippen LogP contribution is -2.34. The summed E-state index contributed by atoms with van der Waals surface area (Å²) in [4.78, 5) is 4.71. The third-order valence-electron chi connectivity index (χ3n) is 4.12. The van der Waals surface area contributed by atoms with Crippen LogP contribution in [0.5, 0.6) is 0 Å². The lowest BCUT2D eigenvalue weighted by atomic mass is 9.94. The molecule has 0 saturated heterocycles. The molecule has 0 aromatic carbocycles. The first-order valence-electron chi connectivity index (χ1n) is 6.40. The van der Waals surface area contributed by atoms with Gasteiger partial charge in [-0.15, -0.1) is 0 Å².